The van der Waals surface area contributed by atoms with Crippen molar-refractivity contribution in [3.05, 3.63) is 23.8 Å². The van der Waals surface area contributed by atoms with E-state index in [1.54, 1.807) is 0 Å². The Kier molecular flexibility index (Phi) is 1.84. The van der Waals surface area contributed by atoms with Crippen molar-refractivity contribution in [3.8, 4) is 11.5 Å². The summed E-state index contributed by atoms with van der Waals surface area (Å²) in [4.78, 5) is 0. The molecule has 0 spiro atoms. The van der Waals surface area contributed by atoms with E-state index in [4.69, 9.17) is 9.47 Å². The summed E-state index contributed by atoms with van der Waals surface area (Å²) in [6.07, 6.45) is 2.65. The Morgan fingerprint density at radius 2 is 2.07 bits per heavy atom. The molecule has 0 saturated heterocycles. The summed E-state index contributed by atoms with van der Waals surface area (Å²) in [6.45, 7) is 1.29. The summed E-state index contributed by atoms with van der Waals surface area (Å²) in [6, 6.07) is 6.87. The Morgan fingerprint density at radius 1 is 1.21 bits per heavy atom. The van der Waals surface area contributed by atoms with Crippen LogP contribution in [0.1, 0.15) is 18.4 Å². The van der Waals surface area contributed by atoms with Crippen LogP contribution in [0.4, 0.5) is 0 Å². The number of hydrogen-bond donors (Lipinski definition) is 1. The Morgan fingerprint density at radius 3 is 2.93 bits per heavy atom. The van der Waals surface area contributed by atoms with Crippen LogP contribution in [0.25, 0.3) is 0 Å². The van der Waals surface area contributed by atoms with Gasteiger partial charge in [-0.2, -0.15) is 0 Å². The van der Waals surface area contributed by atoms with E-state index in [9.17, 15) is 0 Å². The van der Waals surface area contributed by atoms with Crippen LogP contribution in [0.5, 0.6) is 11.5 Å². The topological polar surface area (TPSA) is 30.5 Å². The Bertz CT molecular complexity index is 347. The predicted octanol–water partition coefficient (Wildman–Crippen LogP) is 1.67. The zero-order chi connectivity index (χ0) is 9.38. The molecule has 1 aliphatic carbocycles. The normalized spacial score (nSPS) is 18.6. The second-order valence-electron chi connectivity index (χ2n) is 3.84. The molecule has 0 aromatic heterocycles. The van der Waals surface area contributed by atoms with E-state index >= 15 is 0 Å². The Hall–Kier alpha value is -1.22. The molecule has 2 aliphatic rings. The zero-order valence-electron chi connectivity index (χ0n) is 7.95. The molecule has 3 rings (SSSR count). The van der Waals surface area contributed by atoms with Crippen molar-refractivity contribution in [2.75, 3.05) is 6.79 Å². The second-order valence-corrected chi connectivity index (χ2v) is 3.84. The fourth-order valence-electron chi connectivity index (χ4n) is 1.60. The highest BCUT2D eigenvalue weighted by Gasteiger charge is 2.20. The molecule has 1 heterocycles. The van der Waals surface area contributed by atoms with Gasteiger partial charge in [-0.1, -0.05) is 6.07 Å². The molecular weight excluding hydrogens is 178 g/mol. The van der Waals surface area contributed by atoms with Crippen LogP contribution in [0.3, 0.4) is 0 Å². The standard InChI is InChI=1S/C11H13NO2/c1-4-10-11(14-7-13-10)5-8(1)6-12-9-2-3-9/h1,4-5,9,12H,2-3,6-7H2. The van der Waals surface area contributed by atoms with Crippen molar-refractivity contribution >= 4 is 0 Å². The highest BCUT2D eigenvalue weighted by molar-refractivity contribution is 5.44. The van der Waals surface area contributed by atoms with Gasteiger partial charge in [0.15, 0.2) is 11.5 Å². The van der Waals surface area contributed by atoms with Gasteiger partial charge in [-0.3, -0.25) is 0 Å². The molecule has 1 N–H and O–H groups in total. The quantitative estimate of drug-likeness (QED) is 0.788. The summed E-state index contributed by atoms with van der Waals surface area (Å²) < 4.78 is 10.6. The SMILES string of the molecule is c1cc2c(cc1CNC1CC1)OCO2. The van der Waals surface area contributed by atoms with Crippen LogP contribution in [-0.2, 0) is 6.54 Å². The third kappa shape index (κ3) is 1.55. The number of nitrogens with one attached hydrogen (secondary N) is 1. The van der Waals surface area contributed by atoms with Crippen molar-refractivity contribution < 1.29 is 9.47 Å². The predicted molar refractivity (Wildman–Crippen MR) is 52.4 cm³/mol. The summed E-state index contributed by atoms with van der Waals surface area (Å²) in [7, 11) is 0. The Labute approximate surface area is 83.0 Å². The fraction of sp³-hybridized carbons (Fsp3) is 0.455. The lowest BCUT2D eigenvalue weighted by atomic mass is 10.2. The first-order valence-electron chi connectivity index (χ1n) is 5.04. The molecule has 14 heavy (non-hydrogen) atoms. The second kappa shape index (κ2) is 3.17. The first-order chi connectivity index (χ1) is 6.92. The van der Waals surface area contributed by atoms with Crippen LogP contribution in [-0.4, -0.2) is 12.8 Å². The minimum Gasteiger partial charge on any atom is -0.454 e. The van der Waals surface area contributed by atoms with Crippen molar-refractivity contribution in [1.29, 1.82) is 0 Å². The molecule has 3 heteroatoms. The first-order valence-corrected chi connectivity index (χ1v) is 5.04. The molecule has 0 amide bonds. The van der Waals surface area contributed by atoms with E-state index in [2.05, 4.69) is 17.4 Å². The number of benzene rings is 1. The number of rotatable bonds is 3. The van der Waals surface area contributed by atoms with Gasteiger partial charge in [-0.15, -0.1) is 0 Å². The molecule has 1 fully saturated rings. The van der Waals surface area contributed by atoms with Gasteiger partial charge in [0.1, 0.15) is 0 Å². The number of ether oxygens (including phenoxy) is 2. The molecule has 1 aromatic carbocycles. The average Bonchev–Trinajstić information content (AvgIpc) is 2.92. The zero-order valence-corrected chi connectivity index (χ0v) is 7.95. The van der Waals surface area contributed by atoms with Gasteiger partial charge in [0, 0.05) is 12.6 Å². The van der Waals surface area contributed by atoms with E-state index < -0.39 is 0 Å². The van der Waals surface area contributed by atoms with Crippen LogP contribution < -0.4 is 14.8 Å². The average molecular weight is 191 g/mol. The molecule has 74 valence electrons. The molecule has 1 aliphatic heterocycles. The van der Waals surface area contributed by atoms with Gasteiger partial charge in [0.25, 0.3) is 0 Å². The lowest BCUT2D eigenvalue weighted by Gasteiger charge is -2.03. The smallest absolute Gasteiger partial charge is 0.231 e. The van der Waals surface area contributed by atoms with Gasteiger partial charge in [-0.25, -0.2) is 0 Å². The van der Waals surface area contributed by atoms with Crippen LogP contribution in [0, 0.1) is 0 Å². The maximum absolute atomic E-state index is 5.31. The molecular formula is C11H13NO2. The lowest BCUT2D eigenvalue weighted by Crippen LogP contribution is -2.15. The van der Waals surface area contributed by atoms with Crippen molar-refractivity contribution in [2.45, 2.75) is 25.4 Å². The van der Waals surface area contributed by atoms with E-state index in [1.165, 1.54) is 18.4 Å². The van der Waals surface area contributed by atoms with Gasteiger partial charge in [0.05, 0.1) is 0 Å². The molecule has 0 radical (unpaired) electrons. The molecule has 1 aromatic rings. The van der Waals surface area contributed by atoms with Gasteiger partial charge in [-0.05, 0) is 30.5 Å². The van der Waals surface area contributed by atoms with Crippen LogP contribution >= 0.6 is 0 Å². The highest BCUT2D eigenvalue weighted by atomic mass is 16.7. The Balaban J connectivity index is 1.71. The lowest BCUT2D eigenvalue weighted by molar-refractivity contribution is 0.174. The maximum atomic E-state index is 5.31. The van der Waals surface area contributed by atoms with Crippen LogP contribution in [0.2, 0.25) is 0 Å². The van der Waals surface area contributed by atoms with Gasteiger partial charge < -0.3 is 14.8 Å². The summed E-state index contributed by atoms with van der Waals surface area (Å²) in [5.74, 6) is 1.74. The van der Waals surface area contributed by atoms with Gasteiger partial charge in [0.2, 0.25) is 6.79 Å². The van der Waals surface area contributed by atoms with Crippen molar-refractivity contribution in [2.24, 2.45) is 0 Å². The molecule has 1 saturated carbocycles. The number of fused-ring (bicyclic) bond motifs is 1. The first kappa shape index (κ1) is 8.12. The minimum atomic E-state index is 0.356. The monoisotopic (exact) mass is 191 g/mol. The molecule has 0 bridgehead atoms. The highest BCUT2D eigenvalue weighted by Crippen LogP contribution is 2.32. The fourth-order valence-corrected chi connectivity index (χ4v) is 1.60. The van der Waals surface area contributed by atoms with Gasteiger partial charge >= 0.3 is 0 Å². The third-order valence-corrected chi connectivity index (χ3v) is 2.61. The number of hydrogen-bond acceptors (Lipinski definition) is 3. The van der Waals surface area contributed by atoms with Crippen molar-refractivity contribution in [3.63, 3.8) is 0 Å². The summed E-state index contributed by atoms with van der Waals surface area (Å²) in [5.41, 5.74) is 1.26. The molecule has 0 atom stereocenters. The van der Waals surface area contributed by atoms with Crippen LogP contribution in [0.15, 0.2) is 18.2 Å². The molecule has 0 unspecified atom stereocenters. The molecule has 3 nitrogen and oxygen atoms in total. The van der Waals surface area contributed by atoms with E-state index in [0.717, 1.165) is 24.1 Å². The summed E-state index contributed by atoms with van der Waals surface area (Å²) in [5, 5.41) is 3.47. The summed E-state index contributed by atoms with van der Waals surface area (Å²) >= 11 is 0. The van der Waals surface area contributed by atoms with Crippen molar-refractivity contribution in [1.82, 2.24) is 5.32 Å². The third-order valence-electron chi connectivity index (χ3n) is 2.61. The van der Waals surface area contributed by atoms with E-state index in [1.807, 2.05) is 6.07 Å². The largest absolute Gasteiger partial charge is 0.454 e. The van der Waals surface area contributed by atoms with E-state index in [0.29, 0.717) is 6.79 Å². The maximum Gasteiger partial charge on any atom is 0.231 e. The van der Waals surface area contributed by atoms with E-state index in [-0.39, 0.29) is 0 Å². The minimum absolute atomic E-state index is 0.356.